The Hall–Kier alpha value is -0.351. The zero-order valence-electron chi connectivity index (χ0n) is 15.7. The summed E-state index contributed by atoms with van der Waals surface area (Å²) >= 11 is -0.257. The van der Waals surface area contributed by atoms with Gasteiger partial charge in [0.2, 0.25) is 0 Å². The molecule has 0 N–H and O–H groups in total. The van der Waals surface area contributed by atoms with Crippen molar-refractivity contribution in [2.45, 2.75) is 72.6 Å². The Labute approximate surface area is 156 Å². The van der Waals surface area contributed by atoms with Gasteiger partial charge in [0.1, 0.15) is 0 Å². The van der Waals surface area contributed by atoms with Crippen molar-refractivity contribution in [1.82, 2.24) is 4.98 Å². The third-order valence-electron chi connectivity index (χ3n) is 5.08. The van der Waals surface area contributed by atoms with Crippen molar-refractivity contribution in [3.63, 3.8) is 0 Å². The summed E-state index contributed by atoms with van der Waals surface area (Å²) in [5.74, 6) is 0. The fourth-order valence-corrected chi connectivity index (χ4v) is 23.2. The van der Waals surface area contributed by atoms with Crippen LogP contribution in [0.1, 0.15) is 59.3 Å². The molecule has 1 heterocycles. The normalized spacial score (nSPS) is 11.8. The second-order valence-electron chi connectivity index (χ2n) is 6.99. The van der Waals surface area contributed by atoms with E-state index in [1.165, 1.54) is 62.4 Å². The molecule has 1 nitrogen and oxygen atoms in total. The monoisotopic (exact) mass is 451 g/mol. The van der Waals surface area contributed by atoms with Gasteiger partial charge in [-0.2, -0.15) is 0 Å². The van der Waals surface area contributed by atoms with Crippen LogP contribution in [0.25, 0.3) is 10.6 Å². The van der Waals surface area contributed by atoms with Crippen molar-refractivity contribution >= 4 is 32.6 Å². The molecule has 0 unspecified atom stereocenters. The van der Waals surface area contributed by atoms with Gasteiger partial charge in [0.25, 0.3) is 0 Å². The Morgan fingerprint density at radius 1 is 0.833 bits per heavy atom. The van der Waals surface area contributed by atoms with Crippen LogP contribution in [0.3, 0.4) is 0 Å². The minimum absolute atomic E-state index is 1.23. The molecule has 0 atom stereocenters. The Morgan fingerprint density at radius 2 is 1.38 bits per heavy atom. The molecule has 1 aromatic heterocycles. The average molecular weight is 450 g/mol. The van der Waals surface area contributed by atoms with E-state index in [1.54, 1.807) is 2.89 Å². The SMILES string of the molecule is CCC[CH2][Sn]([CH2]CCC)([CH2]CCC)[c]1cnc(-c2ccccc2)s1. The molecule has 1 aromatic carbocycles. The van der Waals surface area contributed by atoms with Crippen LogP contribution in [0.4, 0.5) is 0 Å². The van der Waals surface area contributed by atoms with Gasteiger partial charge in [-0.05, 0) is 0 Å². The van der Waals surface area contributed by atoms with Gasteiger partial charge >= 0.3 is 157 Å². The van der Waals surface area contributed by atoms with Crippen LogP contribution >= 0.6 is 11.3 Å². The molecule has 0 saturated heterocycles. The minimum atomic E-state index is -2.28. The number of hydrogen-bond acceptors (Lipinski definition) is 2. The zero-order valence-corrected chi connectivity index (χ0v) is 19.4. The van der Waals surface area contributed by atoms with Gasteiger partial charge < -0.3 is 0 Å². The summed E-state index contributed by atoms with van der Waals surface area (Å²) in [5, 5.41) is 1.23. The summed E-state index contributed by atoms with van der Waals surface area (Å²) in [6.07, 6.45) is 10.5. The van der Waals surface area contributed by atoms with Crippen LogP contribution in [-0.2, 0) is 0 Å². The summed E-state index contributed by atoms with van der Waals surface area (Å²) < 4.78 is 6.32. The molecule has 132 valence electrons. The predicted molar refractivity (Wildman–Crippen MR) is 112 cm³/mol. The van der Waals surface area contributed by atoms with Gasteiger partial charge in [0.05, 0.1) is 0 Å². The van der Waals surface area contributed by atoms with Gasteiger partial charge in [0, 0.05) is 0 Å². The van der Waals surface area contributed by atoms with Gasteiger partial charge in [-0.15, -0.1) is 0 Å². The fourth-order valence-electron chi connectivity index (χ4n) is 3.52. The van der Waals surface area contributed by atoms with Crippen molar-refractivity contribution in [2.24, 2.45) is 0 Å². The summed E-state index contributed by atoms with van der Waals surface area (Å²) in [4.78, 5) is 4.85. The molecule has 0 aliphatic heterocycles. The maximum absolute atomic E-state index is 4.85. The number of rotatable bonds is 11. The third kappa shape index (κ3) is 5.32. The van der Waals surface area contributed by atoms with Crippen LogP contribution < -0.4 is 2.89 Å². The molecule has 0 fully saturated rings. The average Bonchev–Trinajstić information content (AvgIpc) is 3.13. The van der Waals surface area contributed by atoms with Crippen molar-refractivity contribution in [3.8, 4) is 10.6 Å². The summed E-state index contributed by atoms with van der Waals surface area (Å²) in [5.41, 5.74) is 1.29. The van der Waals surface area contributed by atoms with Crippen LogP contribution in [-0.4, -0.2) is 23.4 Å². The molecular weight excluding hydrogens is 417 g/mol. The fraction of sp³-hybridized carbons (Fsp3) is 0.571. The first-order chi connectivity index (χ1) is 11.8. The van der Waals surface area contributed by atoms with Crippen LogP contribution in [0.5, 0.6) is 0 Å². The second kappa shape index (κ2) is 10.6. The summed E-state index contributed by atoms with van der Waals surface area (Å²) in [6, 6.07) is 10.7. The number of unbranched alkanes of at least 4 members (excludes halogenated alkanes) is 3. The number of hydrogen-bond donors (Lipinski definition) is 0. The van der Waals surface area contributed by atoms with E-state index in [9.17, 15) is 0 Å². The Bertz CT molecular complexity index is 557. The molecule has 3 heteroatoms. The van der Waals surface area contributed by atoms with E-state index in [1.807, 2.05) is 11.3 Å². The number of thiazole rings is 1. The number of aromatic nitrogens is 1. The first kappa shape index (κ1) is 20.0. The van der Waals surface area contributed by atoms with E-state index < -0.39 is 18.4 Å². The van der Waals surface area contributed by atoms with E-state index in [0.717, 1.165) is 0 Å². The Kier molecular flexibility index (Phi) is 8.82. The van der Waals surface area contributed by atoms with E-state index in [0.29, 0.717) is 0 Å². The van der Waals surface area contributed by atoms with Crippen molar-refractivity contribution < 1.29 is 0 Å². The zero-order chi connectivity index (χ0) is 17.3. The van der Waals surface area contributed by atoms with Gasteiger partial charge in [-0.25, -0.2) is 0 Å². The molecule has 0 amide bonds. The molecule has 0 bridgehead atoms. The first-order valence-corrected chi connectivity index (χ1v) is 18.1. The molecule has 0 spiro atoms. The standard InChI is InChI=1S/C9H6NS.3C4H9.Sn/c1-2-4-8(5-3-1)9-10-6-7-11-9;3*1-3-4-2;/h1-6H;3*1,3-4H2,2H3;. The Balaban J connectivity index is 2.31. The molecule has 2 rings (SSSR count). The van der Waals surface area contributed by atoms with Crippen LogP contribution in [0.15, 0.2) is 36.5 Å². The third-order valence-corrected chi connectivity index (χ3v) is 24.3. The van der Waals surface area contributed by atoms with Crippen molar-refractivity contribution in [3.05, 3.63) is 36.5 Å². The Morgan fingerprint density at radius 3 is 1.88 bits per heavy atom. The quantitative estimate of drug-likeness (QED) is 0.341. The molecule has 0 aliphatic carbocycles. The van der Waals surface area contributed by atoms with Gasteiger partial charge in [0.15, 0.2) is 0 Å². The molecule has 0 aliphatic rings. The summed E-state index contributed by atoms with van der Waals surface area (Å²) in [6.45, 7) is 7.04. The van der Waals surface area contributed by atoms with E-state index >= 15 is 0 Å². The first-order valence-electron chi connectivity index (χ1n) is 9.77. The molecule has 2 aromatic rings. The second-order valence-corrected chi connectivity index (χ2v) is 22.2. The van der Waals surface area contributed by atoms with E-state index in [2.05, 4.69) is 57.3 Å². The van der Waals surface area contributed by atoms with Gasteiger partial charge in [-0.3, -0.25) is 0 Å². The summed E-state index contributed by atoms with van der Waals surface area (Å²) in [7, 11) is 0. The van der Waals surface area contributed by atoms with E-state index in [-0.39, 0.29) is 0 Å². The maximum atomic E-state index is 4.85. The number of nitrogens with zero attached hydrogens (tertiary/aromatic N) is 1. The topological polar surface area (TPSA) is 12.9 Å². The molecular formula is C21H33NSSn. The van der Waals surface area contributed by atoms with Crippen molar-refractivity contribution in [1.29, 1.82) is 0 Å². The van der Waals surface area contributed by atoms with Crippen molar-refractivity contribution in [2.75, 3.05) is 0 Å². The molecule has 24 heavy (non-hydrogen) atoms. The van der Waals surface area contributed by atoms with Gasteiger partial charge in [-0.1, -0.05) is 0 Å². The molecule has 0 saturated carbocycles. The van der Waals surface area contributed by atoms with Crippen LogP contribution in [0, 0.1) is 0 Å². The predicted octanol–water partition coefficient (Wildman–Crippen LogP) is 6.87. The van der Waals surface area contributed by atoms with E-state index in [4.69, 9.17) is 4.98 Å². The van der Waals surface area contributed by atoms with Crippen LogP contribution in [0.2, 0.25) is 13.3 Å². The number of benzene rings is 1. The molecule has 0 radical (unpaired) electrons.